The fourth-order valence-electron chi connectivity index (χ4n) is 3.01. The Morgan fingerprint density at radius 1 is 1.00 bits per heavy atom. The molecule has 0 aromatic carbocycles. The van der Waals surface area contributed by atoms with Crippen molar-refractivity contribution in [2.24, 2.45) is 0 Å². The number of halogens is 2. The number of aromatic nitrogens is 3. The molecule has 0 amide bonds. The summed E-state index contributed by atoms with van der Waals surface area (Å²) in [6.45, 7) is 3.63. The summed E-state index contributed by atoms with van der Waals surface area (Å²) in [5.41, 5.74) is 7.45. The molecule has 2 aromatic heterocycles. The van der Waals surface area contributed by atoms with Crippen LogP contribution in [0, 0.1) is 13.8 Å². The quantitative estimate of drug-likeness (QED) is 0.674. The molecule has 9 heteroatoms. The lowest BCUT2D eigenvalue weighted by molar-refractivity contribution is 0.394. The number of ether oxygens (including phenoxy) is 2. The molecule has 7 nitrogen and oxygen atoms in total. The van der Waals surface area contributed by atoms with Gasteiger partial charge in [0.2, 0.25) is 11.8 Å². The maximum atomic E-state index is 6.14. The van der Waals surface area contributed by atoms with Crippen molar-refractivity contribution >= 4 is 34.6 Å². The van der Waals surface area contributed by atoms with Crippen LogP contribution in [-0.2, 0) is 0 Å². The standard InChI is InChI=1S/C12H18ClN3O.C7H9ClN2O/c1-8-14-11(13)10(12(15-8)17-2)16-9-6-4-3-5-7-9;1-4-3-5(8)6(9)7(10-4)11-2/h9,16H,3-7H2,1-2H3;3H,9H2,1-2H3. The second-order valence-electron chi connectivity index (χ2n) is 6.59. The molecule has 3 rings (SSSR count). The van der Waals surface area contributed by atoms with E-state index in [1.165, 1.54) is 39.2 Å². The normalized spacial score (nSPS) is 14.1. The number of nitrogens with two attached hydrogens (primary N) is 1. The van der Waals surface area contributed by atoms with Crippen molar-refractivity contribution in [3.8, 4) is 11.8 Å². The predicted molar refractivity (Wildman–Crippen MR) is 114 cm³/mol. The molecule has 28 heavy (non-hydrogen) atoms. The molecule has 2 aromatic rings. The van der Waals surface area contributed by atoms with Gasteiger partial charge in [-0.3, -0.25) is 0 Å². The van der Waals surface area contributed by atoms with Crippen LogP contribution in [0.2, 0.25) is 10.2 Å². The van der Waals surface area contributed by atoms with Gasteiger partial charge in [0.25, 0.3) is 0 Å². The van der Waals surface area contributed by atoms with Gasteiger partial charge in [-0.2, -0.15) is 4.98 Å². The summed E-state index contributed by atoms with van der Waals surface area (Å²) in [6.07, 6.45) is 6.21. The summed E-state index contributed by atoms with van der Waals surface area (Å²) in [7, 11) is 3.11. The minimum Gasteiger partial charge on any atom is -0.479 e. The molecular weight excluding hydrogens is 401 g/mol. The van der Waals surface area contributed by atoms with Crippen molar-refractivity contribution in [3.05, 3.63) is 27.8 Å². The molecule has 1 aliphatic rings. The highest BCUT2D eigenvalue weighted by Crippen LogP contribution is 2.32. The molecule has 0 aliphatic heterocycles. The van der Waals surface area contributed by atoms with E-state index in [4.69, 9.17) is 38.4 Å². The Hall–Kier alpha value is -1.99. The van der Waals surface area contributed by atoms with E-state index < -0.39 is 0 Å². The van der Waals surface area contributed by atoms with E-state index in [-0.39, 0.29) is 0 Å². The third-order valence-electron chi connectivity index (χ3n) is 4.39. The first-order valence-electron chi connectivity index (χ1n) is 9.17. The summed E-state index contributed by atoms with van der Waals surface area (Å²) in [5, 5.41) is 4.34. The van der Waals surface area contributed by atoms with E-state index in [0.29, 0.717) is 39.5 Å². The van der Waals surface area contributed by atoms with Gasteiger partial charge < -0.3 is 20.5 Å². The molecule has 154 valence electrons. The minimum absolute atomic E-state index is 0.384. The van der Waals surface area contributed by atoms with Crippen LogP contribution in [0.25, 0.3) is 0 Å². The molecule has 2 heterocycles. The second kappa shape index (κ2) is 10.5. The van der Waals surface area contributed by atoms with Gasteiger partial charge in [0.1, 0.15) is 17.2 Å². The first-order valence-corrected chi connectivity index (χ1v) is 9.92. The molecule has 1 saturated carbocycles. The van der Waals surface area contributed by atoms with Crippen LogP contribution in [0.1, 0.15) is 43.6 Å². The Morgan fingerprint density at radius 3 is 2.25 bits per heavy atom. The van der Waals surface area contributed by atoms with Gasteiger partial charge in [0.05, 0.1) is 19.2 Å². The first kappa shape index (κ1) is 22.3. The predicted octanol–water partition coefficient (Wildman–Crippen LogP) is 4.83. The average Bonchev–Trinajstić information content (AvgIpc) is 2.68. The van der Waals surface area contributed by atoms with Gasteiger partial charge in [-0.1, -0.05) is 42.5 Å². The van der Waals surface area contributed by atoms with E-state index in [0.717, 1.165) is 11.4 Å². The number of hydrogen-bond acceptors (Lipinski definition) is 7. The number of anilines is 2. The molecule has 0 atom stereocenters. The number of pyridine rings is 1. The Labute approximate surface area is 176 Å². The number of aryl methyl sites for hydroxylation is 2. The molecular formula is C19H27Cl2N5O2. The van der Waals surface area contributed by atoms with E-state index in [9.17, 15) is 0 Å². The van der Waals surface area contributed by atoms with Crippen LogP contribution >= 0.6 is 23.2 Å². The van der Waals surface area contributed by atoms with Crippen molar-refractivity contribution in [1.82, 2.24) is 15.0 Å². The van der Waals surface area contributed by atoms with Gasteiger partial charge in [-0.05, 0) is 32.8 Å². The monoisotopic (exact) mass is 427 g/mol. The smallest absolute Gasteiger partial charge is 0.242 e. The highest BCUT2D eigenvalue weighted by Gasteiger charge is 2.18. The number of methoxy groups -OCH3 is 2. The van der Waals surface area contributed by atoms with Crippen LogP contribution in [0.4, 0.5) is 11.4 Å². The molecule has 3 N–H and O–H groups in total. The van der Waals surface area contributed by atoms with Gasteiger partial charge >= 0.3 is 0 Å². The summed E-state index contributed by atoms with van der Waals surface area (Å²) in [4.78, 5) is 12.4. The van der Waals surface area contributed by atoms with Gasteiger partial charge in [0.15, 0.2) is 5.15 Å². The van der Waals surface area contributed by atoms with Crippen molar-refractivity contribution in [2.75, 3.05) is 25.3 Å². The lowest BCUT2D eigenvalue weighted by Crippen LogP contribution is -2.23. The topological polar surface area (TPSA) is 95.2 Å². The number of nitrogens with one attached hydrogen (secondary N) is 1. The van der Waals surface area contributed by atoms with E-state index in [1.54, 1.807) is 20.1 Å². The van der Waals surface area contributed by atoms with E-state index >= 15 is 0 Å². The van der Waals surface area contributed by atoms with Crippen molar-refractivity contribution < 1.29 is 9.47 Å². The third kappa shape index (κ3) is 6.01. The summed E-state index contributed by atoms with van der Waals surface area (Å²) >= 11 is 11.9. The Kier molecular flexibility index (Phi) is 8.38. The first-order chi connectivity index (χ1) is 13.3. The summed E-state index contributed by atoms with van der Waals surface area (Å²) < 4.78 is 10.1. The number of rotatable bonds is 4. The highest BCUT2D eigenvalue weighted by atomic mass is 35.5. The van der Waals surface area contributed by atoms with Crippen LogP contribution in [-0.4, -0.2) is 35.2 Å². The zero-order valence-electron chi connectivity index (χ0n) is 16.7. The zero-order chi connectivity index (χ0) is 20.7. The maximum Gasteiger partial charge on any atom is 0.242 e. The van der Waals surface area contributed by atoms with Crippen molar-refractivity contribution in [2.45, 2.75) is 52.0 Å². The second-order valence-corrected chi connectivity index (χ2v) is 7.36. The minimum atomic E-state index is 0.384. The van der Waals surface area contributed by atoms with E-state index in [2.05, 4.69) is 20.3 Å². The van der Waals surface area contributed by atoms with Crippen molar-refractivity contribution in [1.29, 1.82) is 0 Å². The molecule has 1 aliphatic carbocycles. The Bertz CT molecular complexity index is 798. The summed E-state index contributed by atoms with van der Waals surface area (Å²) in [5.74, 6) is 1.55. The third-order valence-corrected chi connectivity index (χ3v) is 4.97. The van der Waals surface area contributed by atoms with Crippen LogP contribution in [0.15, 0.2) is 6.07 Å². The maximum absolute atomic E-state index is 6.14. The molecule has 0 radical (unpaired) electrons. The molecule has 0 spiro atoms. The Balaban J connectivity index is 0.000000221. The van der Waals surface area contributed by atoms with Crippen LogP contribution in [0.5, 0.6) is 11.8 Å². The van der Waals surface area contributed by atoms with Gasteiger partial charge in [-0.25, -0.2) is 9.97 Å². The zero-order valence-corrected chi connectivity index (χ0v) is 18.2. The number of nitrogens with zero attached hydrogens (tertiary/aromatic N) is 3. The molecule has 0 bridgehead atoms. The largest absolute Gasteiger partial charge is 0.479 e. The average molecular weight is 428 g/mol. The van der Waals surface area contributed by atoms with Crippen LogP contribution < -0.4 is 20.5 Å². The SMILES string of the molecule is COc1nc(C)cc(Cl)c1N.COc1nc(C)nc(Cl)c1NC1CCCCC1. The number of nitrogen functional groups attached to an aromatic ring is 1. The fourth-order valence-corrected chi connectivity index (χ4v) is 3.50. The van der Waals surface area contributed by atoms with Crippen molar-refractivity contribution in [3.63, 3.8) is 0 Å². The van der Waals surface area contributed by atoms with Gasteiger partial charge in [-0.15, -0.1) is 0 Å². The lowest BCUT2D eigenvalue weighted by Gasteiger charge is -2.24. The fraction of sp³-hybridized carbons (Fsp3) is 0.526. The Morgan fingerprint density at radius 2 is 1.64 bits per heavy atom. The van der Waals surface area contributed by atoms with Gasteiger partial charge in [0, 0.05) is 11.7 Å². The summed E-state index contributed by atoms with van der Waals surface area (Å²) in [6, 6.07) is 2.15. The van der Waals surface area contributed by atoms with Crippen LogP contribution in [0.3, 0.4) is 0 Å². The molecule has 0 unspecified atom stereocenters. The lowest BCUT2D eigenvalue weighted by atomic mass is 9.95. The number of hydrogen-bond donors (Lipinski definition) is 2. The van der Waals surface area contributed by atoms with E-state index in [1.807, 2.05) is 6.92 Å². The highest BCUT2D eigenvalue weighted by molar-refractivity contribution is 6.33. The molecule has 0 saturated heterocycles. The molecule has 1 fully saturated rings.